The molecule has 1 fully saturated rings. The fraction of sp³-hybridized carbons (Fsp3) is 1.00. The first-order chi connectivity index (χ1) is 3.27. The van der Waals surface area contributed by atoms with Crippen LogP contribution in [0.25, 0.3) is 0 Å². The van der Waals surface area contributed by atoms with E-state index in [2.05, 4.69) is 6.92 Å². The van der Waals surface area contributed by atoms with Crippen LogP contribution in [-0.2, 0) is 0 Å². The molecule has 0 amide bonds. The average molecular weight is 117 g/mol. The number of hydrogen-bond donors (Lipinski definition) is 1. The van der Waals surface area contributed by atoms with Crippen molar-refractivity contribution in [1.29, 1.82) is 0 Å². The Morgan fingerprint density at radius 3 is 2.43 bits per heavy atom. The molecule has 0 radical (unpaired) electrons. The van der Waals surface area contributed by atoms with Gasteiger partial charge in [-0.3, -0.25) is 0 Å². The molecule has 7 heavy (non-hydrogen) atoms. The standard InChI is InChI=1S/C5H12NP/c1-5(2-3-5)7-4-6/h7H,2-4,6H2,1H3. The Balaban J connectivity index is 2.13. The fourth-order valence-corrected chi connectivity index (χ4v) is 1.58. The van der Waals surface area contributed by atoms with Gasteiger partial charge in [-0.15, -0.1) is 8.58 Å². The second kappa shape index (κ2) is 1.72. The van der Waals surface area contributed by atoms with Gasteiger partial charge >= 0.3 is 0 Å². The molecule has 0 spiro atoms. The fourth-order valence-electron chi connectivity index (χ4n) is 0.611. The summed E-state index contributed by atoms with van der Waals surface area (Å²) in [5.74, 6) is 0. The minimum absolute atomic E-state index is 0.703. The third kappa shape index (κ3) is 1.40. The highest BCUT2D eigenvalue weighted by atomic mass is 31.1. The van der Waals surface area contributed by atoms with E-state index in [9.17, 15) is 0 Å². The van der Waals surface area contributed by atoms with Crippen molar-refractivity contribution in [3.8, 4) is 0 Å². The van der Waals surface area contributed by atoms with Crippen molar-refractivity contribution in [2.75, 3.05) is 6.29 Å². The van der Waals surface area contributed by atoms with E-state index in [0.717, 1.165) is 14.9 Å². The molecule has 0 aromatic carbocycles. The highest BCUT2D eigenvalue weighted by Gasteiger charge is 2.35. The van der Waals surface area contributed by atoms with E-state index < -0.39 is 0 Å². The van der Waals surface area contributed by atoms with E-state index in [1.165, 1.54) is 12.8 Å². The van der Waals surface area contributed by atoms with Crippen molar-refractivity contribution in [2.24, 2.45) is 5.73 Å². The van der Waals surface area contributed by atoms with Gasteiger partial charge in [0.1, 0.15) is 0 Å². The van der Waals surface area contributed by atoms with E-state index in [4.69, 9.17) is 5.73 Å². The van der Waals surface area contributed by atoms with Crippen LogP contribution in [-0.4, -0.2) is 11.4 Å². The van der Waals surface area contributed by atoms with Gasteiger partial charge in [-0.2, -0.15) is 0 Å². The molecule has 1 rings (SSSR count). The normalized spacial score (nSPS) is 26.6. The summed E-state index contributed by atoms with van der Waals surface area (Å²) >= 11 is 0. The molecule has 1 aliphatic rings. The highest BCUT2D eigenvalue weighted by Crippen LogP contribution is 2.51. The van der Waals surface area contributed by atoms with Crippen LogP contribution < -0.4 is 5.73 Å². The highest BCUT2D eigenvalue weighted by molar-refractivity contribution is 7.40. The van der Waals surface area contributed by atoms with E-state index >= 15 is 0 Å². The molecule has 42 valence electrons. The predicted molar refractivity (Wildman–Crippen MR) is 35.0 cm³/mol. The molecule has 0 bridgehead atoms. The van der Waals surface area contributed by atoms with Crippen molar-refractivity contribution in [2.45, 2.75) is 24.9 Å². The average Bonchev–Trinajstić information content (AvgIpc) is 2.22. The van der Waals surface area contributed by atoms with E-state index in [1.807, 2.05) is 0 Å². The van der Waals surface area contributed by atoms with Crippen molar-refractivity contribution in [3.63, 3.8) is 0 Å². The summed E-state index contributed by atoms with van der Waals surface area (Å²) in [5.41, 5.74) is 5.37. The summed E-state index contributed by atoms with van der Waals surface area (Å²) < 4.78 is 0. The topological polar surface area (TPSA) is 26.0 Å². The molecule has 2 heteroatoms. The van der Waals surface area contributed by atoms with Crippen LogP contribution in [0.5, 0.6) is 0 Å². The smallest absolute Gasteiger partial charge is 0.0104 e. The molecule has 0 aromatic heterocycles. The summed E-state index contributed by atoms with van der Waals surface area (Å²) in [6.45, 7) is 2.32. The molecule has 1 saturated carbocycles. The van der Waals surface area contributed by atoms with E-state index in [0.29, 0.717) is 5.16 Å². The van der Waals surface area contributed by atoms with Gasteiger partial charge in [0.2, 0.25) is 0 Å². The van der Waals surface area contributed by atoms with Gasteiger partial charge in [-0.25, -0.2) is 0 Å². The molecule has 1 unspecified atom stereocenters. The number of hydrogen-bond acceptors (Lipinski definition) is 1. The lowest BCUT2D eigenvalue weighted by molar-refractivity contribution is 1.03. The van der Waals surface area contributed by atoms with Crippen molar-refractivity contribution < 1.29 is 0 Å². The summed E-state index contributed by atoms with van der Waals surface area (Å²) in [7, 11) is 1.01. The second-order valence-corrected chi connectivity index (χ2v) is 4.41. The third-order valence-electron chi connectivity index (χ3n) is 1.53. The lowest BCUT2D eigenvalue weighted by atomic mass is 10.5. The van der Waals surface area contributed by atoms with Crippen molar-refractivity contribution in [3.05, 3.63) is 0 Å². The van der Waals surface area contributed by atoms with Crippen LogP contribution >= 0.6 is 8.58 Å². The van der Waals surface area contributed by atoms with Gasteiger partial charge in [0.05, 0.1) is 0 Å². The van der Waals surface area contributed by atoms with Gasteiger partial charge in [0, 0.05) is 6.29 Å². The third-order valence-corrected chi connectivity index (χ3v) is 3.09. The zero-order valence-electron chi connectivity index (χ0n) is 4.70. The van der Waals surface area contributed by atoms with E-state index in [-0.39, 0.29) is 0 Å². The molecule has 0 aromatic rings. The first-order valence-electron chi connectivity index (χ1n) is 2.72. The molecule has 0 aliphatic heterocycles. The van der Waals surface area contributed by atoms with Crippen LogP contribution in [0.4, 0.5) is 0 Å². The Morgan fingerprint density at radius 1 is 1.71 bits per heavy atom. The zero-order chi connectivity index (χ0) is 5.33. The first kappa shape index (κ1) is 5.53. The summed E-state index contributed by atoms with van der Waals surface area (Å²) in [6.07, 6.45) is 3.74. The van der Waals surface area contributed by atoms with Crippen molar-refractivity contribution in [1.82, 2.24) is 0 Å². The minimum Gasteiger partial charge on any atom is -0.327 e. The molecule has 0 heterocycles. The van der Waals surface area contributed by atoms with Gasteiger partial charge in [0.25, 0.3) is 0 Å². The van der Waals surface area contributed by atoms with Gasteiger partial charge in [0.15, 0.2) is 0 Å². The summed E-state index contributed by atoms with van der Waals surface area (Å²) in [5, 5.41) is 0.703. The van der Waals surface area contributed by atoms with Gasteiger partial charge < -0.3 is 5.73 Å². The molecular formula is C5H12NP. The van der Waals surface area contributed by atoms with Crippen LogP contribution in [0.2, 0.25) is 0 Å². The lowest BCUT2D eigenvalue weighted by Crippen LogP contribution is -1.98. The number of rotatable bonds is 2. The van der Waals surface area contributed by atoms with Crippen LogP contribution in [0.1, 0.15) is 19.8 Å². The molecule has 1 aliphatic carbocycles. The summed E-state index contributed by atoms with van der Waals surface area (Å²) in [4.78, 5) is 0. The van der Waals surface area contributed by atoms with Crippen LogP contribution in [0.3, 0.4) is 0 Å². The molecule has 1 atom stereocenters. The molecule has 0 saturated heterocycles. The predicted octanol–water partition coefficient (Wildman–Crippen LogP) is 1.13. The first-order valence-corrected chi connectivity index (χ1v) is 3.93. The molecule has 2 N–H and O–H groups in total. The SMILES string of the molecule is CC1(PCN)CC1. The Morgan fingerprint density at radius 2 is 2.29 bits per heavy atom. The minimum atomic E-state index is 0.703. The van der Waals surface area contributed by atoms with Crippen LogP contribution in [0.15, 0.2) is 0 Å². The maximum atomic E-state index is 5.37. The largest absolute Gasteiger partial charge is 0.327 e. The quantitative estimate of drug-likeness (QED) is 0.539. The lowest BCUT2D eigenvalue weighted by Gasteiger charge is -2.02. The maximum absolute atomic E-state index is 5.37. The monoisotopic (exact) mass is 117 g/mol. The summed E-state index contributed by atoms with van der Waals surface area (Å²) in [6, 6.07) is 0. The second-order valence-electron chi connectivity index (χ2n) is 2.44. The molecular weight excluding hydrogens is 105 g/mol. The van der Waals surface area contributed by atoms with Crippen molar-refractivity contribution >= 4 is 8.58 Å². The van der Waals surface area contributed by atoms with Gasteiger partial charge in [-0.1, -0.05) is 6.92 Å². The Labute approximate surface area is 46.4 Å². The van der Waals surface area contributed by atoms with Crippen LogP contribution in [0, 0.1) is 0 Å². The van der Waals surface area contributed by atoms with Gasteiger partial charge in [-0.05, 0) is 18.0 Å². The zero-order valence-corrected chi connectivity index (χ0v) is 5.70. The Bertz CT molecular complexity index is 68.5. The molecule has 1 nitrogen and oxygen atoms in total. The Kier molecular flexibility index (Phi) is 1.36. The Hall–Kier alpha value is 0.390. The number of nitrogens with two attached hydrogens (primary N) is 1. The maximum Gasteiger partial charge on any atom is 0.0104 e. The van der Waals surface area contributed by atoms with E-state index in [1.54, 1.807) is 0 Å².